The zero-order chi connectivity index (χ0) is 11.1. The van der Waals surface area contributed by atoms with Crippen molar-refractivity contribution in [2.24, 2.45) is 5.92 Å². The fraction of sp³-hybridized carbons (Fsp3) is 0.750. The number of nitrogens with one attached hydrogen (secondary N) is 1. The second-order valence-corrected chi connectivity index (χ2v) is 5.57. The molecule has 0 amide bonds. The summed E-state index contributed by atoms with van der Waals surface area (Å²) in [7, 11) is 0. The molecule has 1 atom stereocenters. The molecule has 0 radical (unpaired) electrons. The van der Waals surface area contributed by atoms with Crippen LogP contribution in [0.1, 0.15) is 44.1 Å². The van der Waals surface area contributed by atoms with Crippen LogP contribution in [0.25, 0.3) is 0 Å². The molecule has 2 N–H and O–H groups in total. The highest BCUT2D eigenvalue weighted by atomic mass is 16.3. The standard InChI is InChI=1S/C12H20N2O/c1-12(2,3)11-9-5-4-8(7-15)6-10(9)13-14-11/h8,15H,4-7H2,1-3H3,(H,13,14). The Morgan fingerprint density at radius 2 is 2.20 bits per heavy atom. The molecule has 0 spiro atoms. The molecular weight excluding hydrogens is 188 g/mol. The highest BCUT2D eigenvalue weighted by Crippen LogP contribution is 2.32. The van der Waals surface area contributed by atoms with Crippen molar-refractivity contribution in [3.8, 4) is 0 Å². The number of hydrogen-bond acceptors (Lipinski definition) is 2. The fourth-order valence-corrected chi connectivity index (χ4v) is 2.35. The third-order valence-electron chi connectivity index (χ3n) is 3.22. The van der Waals surface area contributed by atoms with E-state index in [0.29, 0.717) is 12.5 Å². The first kappa shape index (κ1) is 10.7. The van der Waals surface area contributed by atoms with Crippen LogP contribution in [-0.2, 0) is 18.3 Å². The van der Waals surface area contributed by atoms with E-state index in [1.807, 2.05) is 0 Å². The molecule has 0 aromatic carbocycles. The first-order valence-corrected chi connectivity index (χ1v) is 5.70. The lowest BCUT2D eigenvalue weighted by molar-refractivity contribution is 0.212. The topological polar surface area (TPSA) is 48.9 Å². The number of fused-ring (bicyclic) bond motifs is 1. The van der Waals surface area contributed by atoms with Crippen LogP contribution in [0.4, 0.5) is 0 Å². The number of aliphatic hydroxyl groups excluding tert-OH is 1. The van der Waals surface area contributed by atoms with E-state index in [4.69, 9.17) is 5.11 Å². The van der Waals surface area contributed by atoms with Crippen LogP contribution in [0, 0.1) is 5.92 Å². The molecule has 3 heteroatoms. The average Bonchev–Trinajstić information content (AvgIpc) is 2.59. The highest BCUT2D eigenvalue weighted by molar-refractivity contribution is 5.32. The Hall–Kier alpha value is -0.830. The van der Waals surface area contributed by atoms with E-state index in [2.05, 4.69) is 31.0 Å². The highest BCUT2D eigenvalue weighted by Gasteiger charge is 2.28. The maximum Gasteiger partial charge on any atom is 0.0710 e. The lowest BCUT2D eigenvalue weighted by Gasteiger charge is -2.23. The number of H-pyrrole nitrogens is 1. The van der Waals surface area contributed by atoms with E-state index < -0.39 is 0 Å². The Bertz CT molecular complexity index is 349. The zero-order valence-electron chi connectivity index (χ0n) is 9.80. The van der Waals surface area contributed by atoms with Crippen LogP contribution in [-0.4, -0.2) is 21.9 Å². The van der Waals surface area contributed by atoms with Crippen molar-refractivity contribution >= 4 is 0 Å². The van der Waals surface area contributed by atoms with Gasteiger partial charge in [-0.25, -0.2) is 0 Å². The van der Waals surface area contributed by atoms with Gasteiger partial charge < -0.3 is 5.11 Å². The van der Waals surface area contributed by atoms with Gasteiger partial charge in [0, 0.05) is 17.7 Å². The number of aliphatic hydroxyl groups is 1. The van der Waals surface area contributed by atoms with Gasteiger partial charge in [-0.1, -0.05) is 20.8 Å². The maximum atomic E-state index is 9.15. The summed E-state index contributed by atoms with van der Waals surface area (Å²) in [6, 6.07) is 0. The van der Waals surface area contributed by atoms with Crippen LogP contribution in [0.3, 0.4) is 0 Å². The van der Waals surface area contributed by atoms with E-state index in [0.717, 1.165) is 19.3 Å². The molecule has 3 nitrogen and oxygen atoms in total. The summed E-state index contributed by atoms with van der Waals surface area (Å²) >= 11 is 0. The molecule has 1 aromatic heterocycles. The normalized spacial score (nSPS) is 21.5. The van der Waals surface area contributed by atoms with Crippen LogP contribution >= 0.6 is 0 Å². The number of rotatable bonds is 1. The second-order valence-electron chi connectivity index (χ2n) is 5.57. The molecule has 2 rings (SSSR count). The fourth-order valence-electron chi connectivity index (χ4n) is 2.35. The van der Waals surface area contributed by atoms with Crippen LogP contribution < -0.4 is 0 Å². The molecule has 0 bridgehead atoms. The average molecular weight is 208 g/mol. The van der Waals surface area contributed by atoms with Crippen LogP contribution in [0.2, 0.25) is 0 Å². The first-order valence-electron chi connectivity index (χ1n) is 5.70. The molecule has 84 valence electrons. The van der Waals surface area contributed by atoms with Gasteiger partial charge >= 0.3 is 0 Å². The first-order chi connectivity index (χ1) is 7.02. The molecule has 0 aliphatic heterocycles. The largest absolute Gasteiger partial charge is 0.396 e. The molecule has 0 saturated carbocycles. The van der Waals surface area contributed by atoms with Crippen molar-refractivity contribution in [1.82, 2.24) is 10.2 Å². The summed E-state index contributed by atoms with van der Waals surface area (Å²) in [5, 5.41) is 16.7. The second kappa shape index (κ2) is 3.63. The van der Waals surface area contributed by atoms with Gasteiger partial charge in [0.1, 0.15) is 0 Å². The molecule has 15 heavy (non-hydrogen) atoms. The molecule has 0 saturated heterocycles. The summed E-state index contributed by atoms with van der Waals surface area (Å²) in [4.78, 5) is 0. The Kier molecular flexibility index (Phi) is 2.59. The van der Waals surface area contributed by atoms with Crippen molar-refractivity contribution in [2.45, 2.75) is 45.4 Å². The summed E-state index contributed by atoms with van der Waals surface area (Å²) in [6.45, 7) is 6.88. The monoisotopic (exact) mass is 208 g/mol. The van der Waals surface area contributed by atoms with Gasteiger partial charge in [-0.15, -0.1) is 0 Å². The number of hydrogen-bond donors (Lipinski definition) is 2. The quantitative estimate of drug-likeness (QED) is 0.739. The van der Waals surface area contributed by atoms with E-state index in [1.54, 1.807) is 0 Å². The molecule has 0 fully saturated rings. The zero-order valence-corrected chi connectivity index (χ0v) is 9.80. The minimum Gasteiger partial charge on any atom is -0.396 e. The van der Waals surface area contributed by atoms with Crippen molar-refractivity contribution in [2.75, 3.05) is 6.61 Å². The molecule has 1 aliphatic carbocycles. The van der Waals surface area contributed by atoms with Crippen molar-refractivity contribution < 1.29 is 5.11 Å². The van der Waals surface area contributed by atoms with E-state index in [-0.39, 0.29) is 5.41 Å². The maximum absolute atomic E-state index is 9.15. The Morgan fingerprint density at radius 1 is 1.47 bits per heavy atom. The van der Waals surface area contributed by atoms with Crippen LogP contribution in [0.5, 0.6) is 0 Å². The van der Waals surface area contributed by atoms with Gasteiger partial charge in [-0.2, -0.15) is 5.10 Å². The molecule has 1 unspecified atom stereocenters. The predicted molar refractivity (Wildman–Crippen MR) is 59.9 cm³/mol. The number of nitrogens with zero attached hydrogens (tertiary/aromatic N) is 1. The van der Waals surface area contributed by atoms with Crippen LogP contribution in [0.15, 0.2) is 0 Å². The van der Waals surface area contributed by atoms with E-state index >= 15 is 0 Å². The van der Waals surface area contributed by atoms with Gasteiger partial charge in [0.2, 0.25) is 0 Å². The van der Waals surface area contributed by atoms with Gasteiger partial charge in [-0.05, 0) is 30.7 Å². The summed E-state index contributed by atoms with van der Waals surface area (Å²) in [5.74, 6) is 0.422. The number of aromatic nitrogens is 2. The van der Waals surface area contributed by atoms with Gasteiger partial charge in [0.15, 0.2) is 0 Å². The van der Waals surface area contributed by atoms with Crippen molar-refractivity contribution in [1.29, 1.82) is 0 Å². The van der Waals surface area contributed by atoms with Crippen molar-refractivity contribution in [3.63, 3.8) is 0 Å². The summed E-state index contributed by atoms with van der Waals surface area (Å²) < 4.78 is 0. The molecule has 1 aromatic rings. The van der Waals surface area contributed by atoms with E-state index in [9.17, 15) is 0 Å². The number of aromatic amines is 1. The van der Waals surface area contributed by atoms with Gasteiger partial charge in [0.25, 0.3) is 0 Å². The summed E-state index contributed by atoms with van der Waals surface area (Å²) in [6.07, 6.45) is 3.10. The van der Waals surface area contributed by atoms with Gasteiger partial charge in [-0.3, -0.25) is 5.10 Å². The lowest BCUT2D eigenvalue weighted by atomic mass is 9.81. The molecule has 1 heterocycles. The smallest absolute Gasteiger partial charge is 0.0710 e. The minimum atomic E-state index is 0.121. The Morgan fingerprint density at radius 3 is 2.80 bits per heavy atom. The third-order valence-corrected chi connectivity index (χ3v) is 3.22. The lowest BCUT2D eigenvalue weighted by Crippen LogP contribution is -2.20. The Balaban J connectivity index is 2.30. The molecule has 1 aliphatic rings. The molecular formula is C12H20N2O. The third kappa shape index (κ3) is 1.93. The Labute approximate surface area is 90.9 Å². The minimum absolute atomic E-state index is 0.121. The van der Waals surface area contributed by atoms with Crippen molar-refractivity contribution in [3.05, 3.63) is 17.0 Å². The van der Waals surface area contributed by atoms with Gasteiger partial charge in [0.05, 0.1) is 5.69 Å². The summed E-state index contributed by atoms with van der Waals surface area (Å²) in [5.41, 5.74) is 3.96. The predicted octanol–water partition coefficient (Wildman–Crippen LogP) is 1.80. The van der Waals surface area contributed by atoms with E-state index in [1.165, 1.54) is 17.0 Å². The SMILES string of the molecule is CC(C)(C)c1n[nH]c2c1CCC(CO)C2.